The Labute approximate surface area is 166 Å². The average Bonchev–Trinajstić information content (AvgIpc) is 2.68. The van der Waals surface area contributed by atoms with E-state index in [0.717, 1.165) is 24.3 Å². The van der Waals surface area contributed by atoms with Gasteiger partial charge in [0.15, 0.2) is 0 Å². The topological polar surface area (TPSA) is 18.5 Å². The highest BCUT2D eigenvalue weighted by atomic mass is 16.5. The molecule has 0 atom stereocenters. The molecule has 0 spiro atoms. The van der Waals surface area contributed by atoms with Gasteiger partial charge < -0.3 is 9.47 Å². The Kier molecular flexibility index (Phi) is 7.83. The molecule has 0 aliphatic carbocycles. The maximum absolute atomic E-state index is 5.28. The van der Waals surface area contributed by atoms with Crippen LogP contribution >= 0.6 is 0 Å². The summed E-state index contributed by atoms with van der Waals surface area (Å²) < 4.78 is 10.6. The smallest absolute Gasteiger partial charge is 0.146 e. The third kappa shape index (κ3) is 6.05. The molecule has 0 fully saturated rings. The van der Waals surface area contributed by atoms with Crippen LogP contribution in [0, 0.1) is 5.92 Å². The van der Waals surface area contributed by atoms with E-state index >= 15 is 0 Å². The van der Waals surface area contributed by atoms with E-state index in [-0.39, 0.29) is 0 Å². The predicted molar refractivity (Wildman–Crippen MR) is 118 cm³/mol. The highest BCUT2D eigenvalue weighted by molar-refractivity contribution is 6.62. The Morgan fingerprint density at radius 1 is 0.741 bits per heavy atom. The molecule has 0 amide bonds. The van der Waals surface area contributed by atoms with Crippen molar-refractivity contribution in [3.05, 3.63) is 59.7 Å². The number of methoxy groups -OCH3 is 2. The van der Waals surface area contributed by atoms with Gasteiger partial charge in [-0.1, -0.05) is 69.9 Å². The Hall–Kier alpha value is -1.90. The van der Waals surface area contributed by atoms with E-state index in [4.69, 9.17) is 9.47 Å². The molecular formula is C24H35BO2. The van der Waals surface area contributed by atoms with E-state index in [0.29, 0.717) is 17.9 Å². The van der Waals surface area contributed by atoms with Gasteiger partial charge in [0.2, 0.25) is 0 Å². The number of ether oxygens (including phenoxy) is 2. The van der Waals surface area contributed by atoms with Crippen molar-refractivity contribution in [2.24, 2.45) is 5.92 Å². The van der Waals surface area contributed by atoms with E-state index in [1.165, 1.54) is 23.8 Å². The van der Waals surface area contributed by atoms with E-state index in [9.17, 15) is 0 Å². The number of hydrogen-bond donors (Lipinski definition) is 0. The normalized spacial score (nSPS) is 11.5. The average molecular weight is 366 g/mol. The van der Waals surface area contributed by atoms with Crippen molar-refractivity contribution >= 4 is 6.71 Å². The van der Waals surface area contributed by atoms with Gasteiger partial charge in [-0.2, -0.15) is 0 Å². The maximum Gasteiger partial charge on any atom is 0.146 e. The minimum absolute atomic E-state index is 0.318. The van der Waals surface area contributed by atoms with Crippen LogP contribution in [0.4, 0.5) is 0 Å². The van der Waals surface area contributed by atoms with Crippen molar-refractivity contribution in [1.29, 1.82) is 0 Å². The van der Waals surface area contributed by atoms with Gasteiger partial charge in [-0.15, -0.1) is 0 Å². The summed E-state index contributed by atoms with van der Waals surface area (Å²) in [5, 5.41) is 0.318. The lowest BCUT2D eigenvalue weighted by atomic mass is 9.28. The molecule has 0 radical (unpaired) electrons. The van der Waals surface area contributed by atoms with Crippen LogP contribution in [-0.4, -0.2) is 20.9 Å². The Morgan fingerprint density at radius 3 is 1.41 bits per heavy atom. The largest absolute Gasteiger partial charge is 0.497 e. The zero-order chi connectivity index (χ0) is 19.9. The second-order valence-electron chi connectivity index (χ2n) is 8.45. The van der Waals surface area contributed by atoms with Crippen molar-refractivity contribution in [2.45, 2.75) is 58.5 Å². The van der Waals surface area contributed by atoms with Crippen molar-refractivity contribution in [3.8, 4) is 11.5 Å². The minimum atomic E-state index is 0.318. The molecule has 2 aromatic rings. The van der Waals surface area contributed by atoms with Crippen LogP contribution in [0.25, 0.3) is 0 Å². The quantitative estimate of drug-likeness (QED) is 0.452. The first-order valence-corrected chi connectivity index (χ1v) is 10.1. The summed E-state index contributed by atoms with van der Waals surface area (Å²) in [5.74, 6) is 2.52. The maximum atomic E-state index is 5.28. The molecule has 0 unspecified atom stereocenters. The fraction of sp³-hybridized carbons (Fsp3) is 0.500. The van der Waals surface area contributed by atoms with Crippen LogP contribution in [0.2, 0.25) is 18.0 Å². The first-order chi connectivity index (χ1) is 12.9. The molecule has 3 heteroatoms. The molecule has 2 nitrogen and oxygen atoms in total. The van der Waals surface area contributed by atoms with Gasteiger partial charge in [0.05, 0.1) is 14.2 Å². The number of benzene rings is 2. The summed E-state index contributed by atoms with van der Waals surface area (Å²) in [7, 11) is 3.44. The third-order valence-electron chi connectivity index (χ3n) is 6.42. The molecular weight excluding hydrogens is 331 g/mol. The summed E-state index contributed by atoms with van der Waals surface area (Å²) in [5.41, 5.74) is 2.79. The van der Waals surface area contributed by atoms with E-state index in [1.807, 2.05) is 0 Å². The van der Waals surface area contributed by atoms with E-state index in [2.05, 4.69) is 76.2 Å². The molecule has 0 aromatic heterocycles. The highest BCUT2D eigenvalue weighted by Crippen LogP contribution is 2.41. The Bertz CT molecular complexity index is 623. The lowest BCUT2D eigenvalue weighted by molar-refractivity contribution is 0.414. The molecule has 146 valence electrons. The fourth-order valence-electron chi connectivity index (χ4n) is 3.63. The van der Waals surface area contributed by atoms with Crippen LogP contribution in [0.3, 0.4) is 0 Å². The number of hydrogen-bond acceptors (Lipinski definition) is 2. The van der Waals surface area contributed by atoms with Gasteiger partial charge in [-0.25, -0.2) is 0 Å². The van der Waals surface area contributed by atoms with Crippen molar-refractivity contribution in [1.82, 2.24) is 0 Å². The molecule has 0 aliphatic rings. The molecule has 2 rings (SSSR count). The second kappa shape index (κ2) is 9.87. The summed E-state index contributed by atoms with van der Waals surface area (Å²) in [6.45, 7) is 10.3. The second-order valence-corrected chi connectivity index (χ2v) is 8.45. The molecule has 2 aromatic carbocycles. The molecule has 0 saturated carbocycles. The molecule has 27 heavy (non-hydrogen) atoms. The Morgan fingerprint density at radius 2 is 1.11 bits per heavy atom. The zero-order valence-corrected chi connectivity index (χ0v) is 17.9. The monoisotopic (exact) mass is 366 g/mol. The lowest BCUT2D eigenvalue weighted by Gasteiger charge is -2.36. The first-order valence-electron chi connectivity index (χ1n) is 10.1. The molecule has 0 N–H and O–H groups in total. The van der Waals surface area contributed by atoms with Crippen LogP contribution in [-0.2, 0) is 12.8 Å². The minimum Gasteiger partial charge on any atom is -0.497 e. The zero-order valence-electron chi connectivity index (χ0n) is 17.9. The van der Waals surface area contributed by atoms with E-state index < -0.39 is 0 Å². The van der Waals surface area contributed by atoms with Gasteiger partial charge >= 0.3 is 0 Å². The SMILES string of the molecule is COc1ccc(CCB(CCc2ccc(OC)cc2)C(C)(C)C(C)C)cc1. The molecule has 0 aliphatic heterocycles. The molecule has 0 bridgehead atoms. The summed E-state index contributed by atoms with van der Waals surface area (Å²) in [6.07, 6.45) is 4.67. The van der Waals surface area contributed by atoms with Gasteiger partial charge in [-0.05, 0) is 54.2 Å². The first kappa shape index (κ1) is 21.4. The van der Waals surface area contributed by atoms with Gasteiger partial charge in [0, 0.05) is 0 Å². The lowest BCUT2D eigenvalue weighted by Crippen LogP contribution is -2.33. The van der Waals surface area contributed by atoms with Crippen LogP contribution in [0.1, 0.15) is 38.8 Å². The van der Waals surface area contributed by atoms with Crippen molar-refractivity contribution in [3.63, 3.8) is 0 Å². The van der Waals surface area contributed by atoms with E-state index in [1.54, 1.807) is 14.2 Å². The van der Waals surface area contributed by atoms with Crippen LogP contribution < -0.4 is 9.47 Å². The van der Waals surface area contributed by atoms with Crippen LogP contribution in [0.5, 0.6) is 11.5 Å². The fourth-order valence-corrected chi connectivity index (χ4v) is 3.63. The highest BCUT2D eigenvalue weighted by Gasteiger charge is 2.34. The number of rotatable bonds is 10. The van der Waals surface area contributed by atoms with Crippen molar-refractivity contribution < 1.29 is 9.47 Å². The van der Waals surface area contributed by atoms with Gasteiger partial charge in [-0.3, -0.25) is 0 Å². The van der Waals surface area contributed by atoms with Crippen molar-refractivity contribution in [2.75, 3.05) is 14.2 Å². The van der Waals surface area contributed by atoms with Crippen LogP contribution in [0.15, 0.2) is 48.5 Å². The van der Waals surface area contributed by atoms with Gasteiger partial charge in [0.25, 0.3) is 0 Å². The standard InChI is InChI=1S/C24H35BO2/c1-19(2)24(3,4)25(17-15-20-7-11-22(26-5)12-8-20)18-16-21-9-13-23(27-6)14-10-21/h7-14,19H,15-18H2,1-6H3. The molecule has 0 heterocycles. The summed E-state index contributed by atoms with van der Waals surface area (Å²) in [4.78, 5) is 0. The summed E-state index contributed by atoms with van der Waals surface area (Å²) >= 11 is 0. The summed E-state index contributed by atoms with van der Waals surface area (Å²) in [6, 6.07) is 17.0. The Balaban J connectivity index is 2.03. The predicted octanol–water partition coefficient (Wildman–Crippen LogP) is 6.42. The van der Waals surface area contributed by atoms with Gasteiger partial charge in [0.1, 0.15) is 18.2 Å². The molecule has 0 saturated heterocycles. The number of aryl methyl sites for hydroxylation is 2. The third-order valence-corrected chi connectivity index (χ3v) is 6.42.